The van der Waals surface area contributed by atoms with Gasteiger partial charge >= 0.3 is 6.61 Å². The Bertz CT molecular complexity index is 331. The first-order valence-corrected chi connectivity index (χ1v) is 5.77. The minimum Gasteiger partial charge on any atom is -0.435 e. The highest BCUT2D eigenvalue weighted by molar-refractivity contribution is 5.40. The number of ether oxygens (including phenoxy) is 1. The Morgan fingerprint density at radius 3 is 2.29 bits per heavy atom. The van der Waals surface area contributed by atoms with E-state index in [1.54, 1.807) is 12.1 Å². The molecule has 0 aliphatic heterocycles. The maximum absolute atomic E-state index is 12.2. The van der Waals surface area contributed by atoms with Crippen LogP contribution in [0.25, 0.3) is 0 Å². The predicted octanol–water partition coefficient (Wildman–Crippen LogP) is 4.45. The third kappa shape index (κ3) is 4.72. The number of benzene rings is 1. The Labute approximate surface area is 102 Å². The van der Waals surface area contributed by atoms with Crippen molar-refractivity contribution in [2.45, 2.75) is 40.7 Å². The summed E-state index contributed by atoms with van der Waals surface area (Å²) in [6, 6.07) is 5.39. The molecule has 0 unspecified atom stereocenters. The average molecular weight is 241 g/mol. The van der Waals surface area contributed by atoms with Gasteiger partial charge in [-0.3, -0.25) is 0 Å². The summed E-state index contributed by atoms with van der Waals surface area (Å²) in [5, 5.41) is 0. The van der Waals surface area contributed by atoms with Crippen LogP contribution in [0.4, 0.5) is 8.78 Å². The van der Waals surface area contributed by atoms with Crippen molar-refractivity contribution in [2.24, 2.45) is 5.92 Å². The van der Waals surface area contributed by atoms with Gasteiger partial charge in [0.25, 0.3) is 0 Å². The third-order valence-corrected chi connectivity index (χ3v) is 2.41. The summed E-state index contributed by atoms with van der Waals surface area (Å²) in [6.45, 7) is 5.35. The van der Waals surface area contributed by atoms with Crippen LogP contribution >= 0.6 is 0 Å². The monoisotopic (exact) mass is 241 g/mol. The molecule has 0 N–H and O–H groups in total. The van der Waals surface area contributed by atoms with E-state index < -0.39 is 6.61 Å². The van der Waals surface area contributed by atoms with Crippen LogP contribution in [0, 0.1) is 11.8 Å². The summed E-state index contributed by atoms with van der Waals surface area (Å²) in [7, 11) is 0. The normalized spacial score (nSPS) is 11.6. The topological polar surface area (TPSA) is 9.23 Å². The summed E-state index contributed by atoms with van der Waals surface area (Å²) >= 11 is 0. The first-order valence-electron chi connectivity index (χ1n) is 5.77. The molecule has 0 saturated carbocycles. The molecular formula is C14H19F2O. The Morgan fingerprint density at radius 1 is 1.18 bits per heavy atom. The molecule has 1 radical (unpaired) electrons. The predicted molar refractivity (Wildman–Crippen MR) is 65.3 cm³/mol. The molecule has 1 rings (SSSR count). The standard InChI is InChI=1S/C14H19F2O/c1-9(2)5-11-6-12(10(3)4)8-13(7-11)17-14(15)16/h6-9,14H,5H2,1-4H3. The molecule has 0 saturated heterocycles. The van der Waals surface area contributed by atoms with Gasteiger partial charge in [-0.25, -0.2) is 0 Å². The SMILES string of the molecule is C[C](C)c1cc(CC(C)C)cc(OC(F)F)c1. The van der Waals surface area contributed by atoms with E-state index >= 15 is 0 Å². The fourth-order valence-corrected chi connectivity index (χ4v) is 1.71. The lowest BCUT2D eigenvalue weighted by atomic mass is 9.96. The van der Waals surface area contributed by atoms with Crippen LogP contribution in [0.15, 0.2) is 18.2 Å². The van der Waals surface area contributed by atoms with E-state index in [9.17, 15) is 8.78 Å². The third-order valence-electron chi connectivity index (χ3n) is 2.41. The van der Waals surface area contributed by atoms with E-state index in [1.165, 1.54) is 0 Å². The van der Waals surface area contributed by atoms with E-state index in [1.807, 2.05) is 19.9 Å². The van der Waals surface area contributed by atoms with Crippen LogP contribution in [0.2, 0.25) is 0 Å². The second kappa shape index (κ2) is 5.99. The van der Waals surface area contributed by atoms with E-state index in [4.69, 9.17) is 0 Å². The molecule has 1 aromatic rings. The Balaban J connectivity index is 3.00. The van der Waals surface area contributed by atoms with Crippen LogP contribution in [0.5, 0.6) is 5.75 Å². The lowest BCUT2D eigenvalue weighted by Crippen LogP contribution is -2.04. The van der Waals surface area contributed by atoms with Gasteiger partial charge < -0.3 is 4.74 Å². The molecule has 95 valence electrons. The van der Waals surface area contributed by atoms with Crippen molar-refractivity contribution >= 4 is 0 Å². The summed E-state index contributed by atoms with van der Waals surface area (Å²) in [6.07, 6.45) is 0.862. The fraction of sp³-hybridized carbons (Fsp3) is 0.500. The minimum atomic E-state index is -2.77. The Hall–Kier alpha value is -1.12. The van der Waals surface area contributed by atoms with Crippen molar-refractivity contribution in [3.8, 4) is 5.75 Å². The van der Waals surface area contributed by atoms with Crippen molar-refractivity contribution in [1.82, 2.24) is 0 Å². The van der Waals surface area contributed by atoms with Gasteiger partial charge in [-0.2, -0.15) is 8.78 Å². The molecule has 0 fully saturated rings. The zero-order valence-corrected chi connectivity index (χ0v) is 10.8. The van der Waals surface area contributed by atoms with Crippen molar-refractivity contribution in [1.29, 1.82) is 0 Å². The molecule has 0 atom stereocenters. The van der Waals surface area contributed by atoms with Gasteiger partial charge in [-0.1, -0.05) is 33.8 Å². The van der Waals surface area contributed by atoms with Crippen LogP contribution < -0.4 is 4.74 Å². The Kier molecular flexibility index (Phi) is 4.91. The molecule has 0 bridgehead atoms. The lowest BCUT2D eigenvalue weighted by Gasteiger charge is -2.13. The largest absolute Gasteiger partial charge is 0.435 e. The molecule has 0 spiro atoms. The number of hydrogen-bond acceptors (Lipinski definition) is 1. The van der Waals surface area contributed by atoms with Gasteiger partial charge in [0, 0.05) is 0 Å². The molecule has 17 heavy (non-hydrogen) atoms. The minimum absolute atomic E-state index is 0.245. The number of hydrogen-bond donors (Lipinski definition) is 0. The molecule has 0 heterocycles. The van der Waals surface area contributed by atoms with Crippen molar-refractivity contribution in [3.05, 3.63) is 35.2 Å². The highest BCUT2D eigenvalue weighted by Crippen LogP contribution is 2.25. The zero-order valence-electron chi connectivity index (χ0n) is 10.8. The van der Waals surface area contributed by atoms with E-state index in [0.717, 1.165) is 23.5 Å². The molecule has 3 heteroatoms. The van der Waals surface area contributed by atoms with Gasteiger partial charge in [0.05, 0.1) is 0 Å². The average Bonchev–Trinajstić information content (AvgIpc) is 2.14. The van der Waals surface area contributed by atoms with Crippen LogP contribution in [-0.2, 0) is 6.42 Å². The van der Waals surface area contributed by atoms with E-state index in [2.05, 4.69) is 18.6 Å². The second-order valence-electron chi connectivity index (χ2n) is 4.84. The van der Waals surface area contributed by atoms with Gasteiger partial charge in [0.15, 0.2) is 0 Å². The zero-order chi connectivity index (χ0) is 13.0. The smallest absolute Gasteiger partial charge is 0.387 e. The van der Waals surface area contributed by atoms with Crippen molar-refractivity contribution in [2.75, 3.05) is 0 Å². The second-order valence-corrected chi connectivity index (χ2v) is 4.84. The van der Waals surface area contributed by atoms with Crippen molar-refractivity contribution in [3.63, 3.8) is 0 Å². The first kappa shape index (κ1) is 13.9. The van der Waals surface area contributed by atoms with Crippen LogP contribution in [0.3, 0.4) is 0 Å². The molecule has 0 aromatic heterocycles. The van der Waals surface area contributed by atoms with E-state index in [-0.39, 0.29) is 5.75 Å². The molecule has 1 aromatic carbocycles. The summed E-state index contributed by atoms with van der Waals surface area (Å²) in [5.74, 6) is 1.82. The van der Waals surface area contributed by atoms with Gasteiger partial charge in [-0.15, -0.1) is 0 Å². The van der Waals surface area contributed by atoms with Gasteiger partial charge in [0.2, 0.25) is 0 Å². The number of alkyl halides is 2. The highest BCUT2D eigenvalue weighted by Gasteiger charge is 2.10. The number of rotatable bonds is 5. The first-order chi connectivity index (χ1) is 7.88. The molecule has 0 aliphatic carbocycles. The Morgan fingerprint density at radius 2 is 1.82 bits per heavy atom. The van der Waals surface area contributed by atoms with E-state index in [0.29, 0.717) is 5.92 Å². The van der Waals surface area contributed by atoms with Crippen LogP contribution in [0.1, 0.15) is 38.8 Å². The summed E-state index contributed by atoms with van der Waals surface area (Å²) < 4.78 is 28.9. The fourth-order valence-electron chi connectivity index (χ4n) is 1.71. The highest BCUT2D eigenvalue weighted by atomic mass is 19.3. The quantitative estimate of drug-likeness (QED) is 0.740. The maximum atomic E-state index is 12.2. The molecule has 1 nitrogen and oxygen atoms in total. The summed E-state index contributed by atoms with van der Waals surface area (Å²) in [4.78, 5) is 0. The molecule has 0 aliphatic rings. The lowest BCUT2D eigenvalue weighted by molar-refractivity contribution is -0.0499. The summed E-state index contributed by atoms with van der Waals surface area (Å²) in [5.41, 5.74) is 1.99. The van der Waals surface area contributed by atoms with Crippen molar-refractivity contribution < 1.29 is 13.5 Å². The maximum Gasteiger partial charge on any atom is 0.387 e. The molecule has 0 amide bonds. The van der Waals surface area contributed by atoms with Crippen LogP contribution in [-0.4, -0.2) is 6.61 Å². The van der Waals surface area contributed by atoms with Gasteiger partial charge in [-0.05, 0) is 41.5 Å². The van der Waals surface area contributed by atoms with Gasteiger partial charge in [0.1, 0.15) is 5.75 Å². The number of halogens is 2. The molecular weight excluding hydrogens is 222 g/mol.